The Balaban J connectivity index is 1.99. The quantitative estimate of drug-likeness (QED) is 0.854. The Bertz CT molecular complexity index is 727. The van der Waals surface area contributed by atoms with Crippen LogP contribution in [-0.4, -0.2) is 16.4 Å². The highest BCUT2D eigenvalue weighted by molar-refractivity contribution is 5.86. The van der Waals surface area contributed by atoms with Crippen molar-refractivity contribution in [2.45, 2.75) is 25.5 Å². The van der Waals surface area contributed by atoms with Crippen LogP contribution in [0.5, 0.6) is 0 Å². The molecular weight excluding hydrogens is 276 g/mol. The molecule has 22 heavy (non-hydrogen) atoms. The van der Waals surface area contributed by atoms with Crippen LogP contribution in [0.1, 0.15) is 42.1 Å². The molecule has 0 radical (unpaired) electrons. The summed E-state index contributed by atoms with van der Waals surface area (Å²) < 4.78 is 0. The van der Waals surface area contributed by atoms with Crippen LogP contribution in [0.2, 0.25) is 0 Å². The molecular formula is C18H18N2O2. The smallest absolute Gasteiger partial charge is 0.146 e. The molecule has 0 aliphatic carbocycles. The first-order valence-corrected chi connectivity index (χ1v) is 7.20. The number of rotatable bonds is 3. The van der Waals surface area contributed by atoms with Crippen LogP contribution < -0.4 is 5.32 Å². The summed E-state index contributed by atoms with van der Waals surface area (Å²) in [6.07, 6.45) is 6.34. The second kappa shape index (κ2) is 5.39. The molecule has 1 aromatic carbocycles. The van der Waals surface area contributed by atoms with Gasteiger partial charge in [-0.2, -0.15) is 0 Å². The largest absolute Gasteiger partial charge is 0.386 e. The monoisotopic (exact) mass is 294 g/mol. The van der Waals surface area contributed by atoms with Gasteiger partial charge in [-0.1, -0.05) is 24.3 Å². The van der Waals surface area contributed by atoms with E-state index in [1.54, 1.807) is 26.2 Å². The third kappa shape index (κ3) is 2.65. The first kappa shape index (κ1) is 14.5. The molecule has 0 bridgehead atoms. The zero-order valence-corrected chi connectivity index (χ0v) is 12.6. The fourth-order valence-electron chi connectivity index (χ4n) is 2.60. The van der Waals surface area contributed by atoms with E-state index in [1.807, 2.05) is 36.4 Å². The van der Waals surface area contributed by atoms with E-state index in [9.17, 15) is 9.90 Å². The molecule has 2 aromatic rings. The second-order valence-corrected chi connectivity index (χ2v) is 5.96. The normalized spacial score (nSPS) is 17.2. The summed E-state index contributed by atoms with van der Waals surface area (Å²) in [5, 5.41) is 13.3. The maximum Gasteiger partial charge on any atom is 0.146 e. The molecule has 1 aliphatic rings. The summed E-state index contributed by atoms with van der Waals surface area (Å²) in [6, 6.07) is 9.16. The van der Waals surface area contributed by atoms with Crippen LogP contribution in [-0.2, 0) is 10.4 Å². The van der Waals surface area contributed by atoms with Crippen molar-refractivity contribution in [1.29, 1.82) is 0 Å². The molecule has 0 saturated carbocycles. The van der Waals surface area contributed by atoms with E-state index in [-0.39, 0.29) is 6.04 Å². The number of hydrogen-bond acceptors (Lipinski definition) is 4. The third-order valence-electron chi connectivity index (χ3n) is 3.87. The van der Waals surface area contributed by atoms with E-state index < -0.39 is 5.60 Å². The number of aliphatic hydroxyl groups is 1. The molecule has 1 atom stereocenters. The van der Waals surface area contributed by atoms with Crippen LogP contribution >= 0.6 is 0 Å². The number of aromatic nitrogens is 1. The minimum atomic E-state index is -0.866. The summed E-state index contributed by atoms with van der Waals surface area (Å²) in [4.78, 5) is 15.5. The molecule has 1 aliphatic heterocycles. The number of aldehydes is 1. The maximum absolute atomic E-state index is 11.3. The Hall–Kier alpha value is -2.46. The van der Waals surface area contributed by atoms with Crippen LogP contribution in [0.25, 0.3) is 11.8 Å². The van der Waals surface area contributed by atoms with E-state index >= 15 is 0 Å². The minimum Gasteiger partial charge on any atom is -0.386 e. The van der Waals surface area contributed by atoms with Crippen LogP contribution in [0, 0.1) is 0 Å². The van der Waals surface area contributed by atoms with Gasteiger partial charge in [-0.3, -0.25) is 4.98 Å². The lowest BCUT2D eigenvalue weighted by Crippen LogP contribution is -2.25. The van der Waals surface area contributed by atoms with Crippen molar-refractivity contribution < 1.29 is 9.90 Å². The molecule has 112 valence electrons. The number of pyridine rings is 1. The number of carbonyl (C=O) groups is 1. The average molecular weight is 294 g/mol. The fraction of sp³-hybridized carbons (Fsp3) is 0.222. The first-order valence-electron chi connectivity index (χ1n) is 7.20. The highest BCUT2D eigenvalue weighted by Gasteiger charge is 2.21. The van der Waals surface area contributed by atoms with Crippen molar-refractivity contribution in [2.75, 3.05) is 0 Å². The van der Waals surface area contributed by atoms with Crippen molar-refractivity contribution >= 4 is 18.1 Å². The van der Waals surface area contributed by atoms with Gasteiger partial charge in [0.1, 0.15) is 12.3 Å². The number of carbonyl (C=O) groups excluding carboxylic acids is 1. The molecule has 1 aromatic heterocycles. The topological polar surface area (TPSA) is 62.2 Å². The van der Waals surface area contributed by atoms with Gasteiger partial charge in [-0.15, -0.1) is 0 Å². The minimum absolute atomic E-state index is 0.369. The molecule has 4 heteroatoms. The summed E-state index contributed by atoms with van der Waals surface area (Å²) in [5.74, 6) is 0. The lowest BCUT2D eigenvalue weighted by Gasteiger charge is -2.25. The van der Waals surface area contributed by atoms with Crippen LogP contribution in [0.4, 0.5) is 0 Å². The Morgan fingerprint density at radius 2 is 1.95 bits per heavy atom. The van der Waals surface area contributed by atoms with Crippen molar-refractivity contribution in [3.8, 4) is 0 Å². The van der Waals surface area contributed by atoms with Gasteiger partial charge in [0.25, 0.3) is 0 Å². The molecule has 0 fully saturated rings. The number of benzene rings is 1. The van der Waals surface area contributed by atoms with Gasteiger partial charge < -0.3 is 15.2 Å². The van der Waals surface area contributed by atoms with Gasteiger partial charge in [0.05, 0.1) is 5.60 Å². The average Bonchev–Trinajstić information content (AvgIpc) is 2.53. The van der Waals surface area contributed by atoms with Crippen molar-refractivity contribution in [1.82, 2.24) is 10.3 Å². The van der Waals surface area contributed by atoms with Gasteiger partial charge in [0.15, 0.2) is 0 Å². The van der Waals surface area contributed by atoms with E-state index in [2.05, 4.69) is 10.3 Å². The van der Waals surface area contributed by atoms with Crippen molar-refractivity contribution in [3.63, 3.8) is 0 Å². The molecule has 0 saturated heterocycles. The fourth-order valence-corrected chi connectivity index (χ4v) is 2.60. The van der Waals surface area contributed by atoms with Crippen molar-refractivity contribution in [3.05, 3.63) is 65.0 Å². The maximum atomic E-state index is 11.3. The Morgan fingerprint density at radius 1 is 1.23 bits per heavy atom. The van der Waals surface area contributed by atoms with Gasteiger partial charge in [0.2, 0.25) is 0 Å². The summed E-state index contributed by atoms with van der Waals surface area (Å²) in [5.41, 5.74) is 3.70. The highest BCUT2D eigenvalue weighted by Crippen LogP contribution is 2.29. The first-order chi connectivity index (χ1) is 10.5. The lowest BCUT2D eigenvalue weighted by atomic mass is 9.93. The molecule has 2 heterocycles. The number of nitrogens with zero attached hydrogens (tertiary/aromatic N) is 1. The molecule has 4 nitrogen and oxygen atoms in total. The Morgan fingerprint density at radius 3 is 2.59 bits per heavy atom. The molecule has 0 spiro atoms. The predicted molar refractivity (Wildman–Crippen MR) is 85.7 cm³/mol. The standard InChI is InChI=1S/C18H18N2O2/c1-18(2,22)14-5-3-12(4-6-14)16-9-13-10-19-8-7-15(13)17(11-21)20-16/h3-11,17,20,22H,1-2H3. The molecule has 3 rings (SSSR count). The molecule has 1 unspecified atom stereocenters. The van der Waals surface area contributed by atoms with E-state index in [0.29, 0.717) is 0 Å². The molecule has 0 amide bonds. The van der Waals surface area contributed by atoms with E-state index in [0.717, 1.165) is 34.2 Å². The van der Waals surface area contributed by atoms with Crippen molar-refractivity contribution in [2.24, 2.45) is 0 Å². The number of fused-ring (bicyclic) bond motifs is 1. The zero-order valence-electron chi connectivity index (χ0n) is 12.6. The summed E-state index contributed by atoms with van der Waals surface area (Å²) in [7, 11) is 0. The number of nitrogens with one attached hydrogen (secondary N) is 1. The molecule has 2 N–H and O–H groups in total. The van der Waals surface area contributed by atoms with E-state index in [1.165, 1.54) is 0 Å². The highest BCUT2D eigenvalue weighted by atomic mass is 16.3. The Kier molecular flexibility index (Phi) is 3.54. The Labute approximate surface area is 129 Å². The third-order valence-corrected chi connectivity index (χ3v) is 3.87. The van der Waals surface area contributed by atoms with Gasteiger partial charge in [0, 0.05) is 23.7 Å². The van der Waals surface area contributed by atoms with Gasteiger partial charge in [-0.05, 0) is 42.7 Å². The van der Waals surface area contributed by atoms with Gasteiger partial charge in [-0.25, -0.2) is 0 Å². The second-order valence-electron chi connectivity index (χ2n) is 5.96. The number of hydrogen-bond donors (Lipinski definition) is 2. The van der Waals surface area contributed by atoms with Gasteiger partial charge >= 0.3 is 0 Å². The van der Waals surface area contributed by atoms with Crippen LogP contribution in [0.3, 0.4) is 0 Å². The summed E-state index contributed by atoms with van der Waals surface area (Å²) in [6.45, 7) is 3.51. The lowest BCUT2D eigenvalue weighted by molar-refractivity contribution is -0.109. The SMILES string of the molecule is CC(C)(O)c1ccc(C2=Cc3cnccc3C(C=O)N2)cc1. The predicted octanol–water partition coefficient (Wildman–Crippen LogP) is 2.65. The zero-order chi connectivity index (χ0) is 15.7. The van der Waals surface area contributed by atoms with E-state index in [4.69, 9.17) is 0 Å². The summed E-state index contributed by atoms with van der Waals surface area (Å²) >= 11 is 0. The van der Waals surface area contributed by atoms with Crippen LogP contribution in [0.15, 0.2) is 42.7 Å².